The largest absolute Gasteiger partial charge is 0.479 e. The maximum atomic E-state index is 12.5. The molecule has 4 rings (SSSR count). The van der Waals surface area contributed by atoms with Crippen molar-refractivity contribution >= 4 is 11.9 Å². The van der Waals surface area contributed by atoms with E-state index in [4.69, 9.17) is 37.9 Å². The number of amides is 1. The van der Waals surface area contributed by atoms with Gasteiger partial charge in [0, 0.05) is 13.5 Å². The van der Waals surface area contributed by atoms with E-state index in [1.807, 2.05) is 0 Å². The molecule has 20 atom stereocenters. The molecule has 4 saturated heterocycles. The Balaban J connectivity index is 1.57. The van der Waals surface area contributed by atoms with E-state index in [1.54, 1.807) is 6.92 Å². The van der Waals surface area contributed by atoms with Crippen molar-refractivity contribution in [3.8, 4) is 0 Å². The summed E-state index contributed by atoms with van der Waals surface area (Å²) in [6.45, 7) is 5.05. The monoisotopic (exact) mass is 731 g/mol. The smallest absolute Gasteiger partial charge is 0.335 e. The normalized spacial score (nSPS) is 48.6. The second-order valence-corrected chi connectivity index (χ2v) is 12.7. The molecule has 11 N–H and O–H groups in total. The number of hydrogen-bond donors (Lipinski definition) is 11. The van der Waals surface area contributed by atoms with Crippen molar-refractivity contribution in [2.45, 2.75) is 157 Å². The predicted molar refractivity (Wildman–Crippen MR) is 157 cm³/mol. The molecule has 0 radical (unpaired) electrons. The number of carboxylic acid groups (broad SMARTS) is 1. The van der Waals surface area contributed by atoms with Crippen LogP contribution in [0.1, 0.15) is 34.1 Å². The van der Waals surface area contributed by atoms with Crippen LogP contribution < -0.4 is 5.32 Å². The lowest BCUT2D eigenvalue weighted by Gasteiger charge is -2.49. The Bertz CT molecular complexity index is 1120. The second-order valence-electron chi connectivity index (χ2n) is 12.7. The van der Waals surface area contributed by atoms with Crippen LogP contribution >= 0.6 is 0 Å². The lowest BCUT2D eigenvalue weighted by molar-refractivity contribution is -0.386. The summed E-state index contributed by atoms with van der Waals surface area (Å²) in [5.41, 5.74) is 0. The van der Waals surface area contributed by atoms with Gasteiger partial charge in [-0.1, -0.05) is 6.92 Å². The number of aliphatic carboxylic acids is 1. The van der Waals surface area contributed by atoms with Crippen LogP contribution in [0.25, 0.3) is 0 Å². The summed E-state index contributed by atoms with van der Waals surface area (Å²) in [7, 11) is 0. The summed E-state index contributed by atoms with van der Waals surface area (Å²) in [5, 5.41) is 108. The minimum atomic E-state index is -2.15. The maximum Gasteiger partial charge on any atom is 0.335 e. The Kier molecular flexibility index (Phi) is 14.3. The molecule has 0 aliphatic carbocycles. The highest BCUT2D eigenvalue weighted by Crippen LogP contribution is 2.35. The Morgan fingerprint density at radius 3 is 1.74 bits per heavy atom. The Hall–Kier alpha value is -1.74. The molecule has 4 heterocycles. The number of nitrogens with one attached hydrogen (secondary N) is 1. The molecule has 0 aromatic rings. The van der Waals surface area contributed by atoms with Crippen molar-refractivity contribution in [1.29, 1.82) is 0 Å². The van der Waals surface area contributed by atoms with Gasteiger partial charge in [0.2, 0.25) is 5.91 Å². The Morgan fingerprint density at radius 1 is 0.640 bits per heavy atom. The molecule has 0 saturated carbocycles. The van der Waals surface area contributed by atoms with Crippen LogP contribution in [-0.2, 0) is 47.5 Å². The van der Waals surface area contributed by atoms with E-state index in [0.717, 1.165) is 6.92 Å². The summed E-state index contributed by atoms with van der Waals surface area (Å²) < 4.78 is 45.0. The number of ether oxygens (including phenoxy) is 8. The Morgan fingerprint density at radius 2 is 1.16 bits per heavy atom. The molecule has 21 heteroatoms. The van der Waals surface area contributed by atoms with E-state index in [0.29, 0.717) is 6.42 Å². The van der Waals surface area contributed by atoms with Gasteiger partial charge < -0.3 is 94.3 Å². The van der Waals surface area contributed by atoms with E-state index in [1.165, 1.54) is 13.8 Å². The average Bonchev–Trinajstić information content (AvgIpc) is 3.06. The minimum absolute atomic E-state index is 0.134. The van der Waals surface area contributed by atoms with Crippen molar-refractivity contribution in [3.63, 3.8) is 0 Å². The molecule has 4 aliphatic rings. The fraction of sp³-hybridized carbons (Fsp3) is 0.931. The van der Waals surface area contributed by atoms with Gasteiger partial charge in [-0.15, -0.1) is 0 Å². The van der Waals surface area contributed by atoms with Crippen LogP contribution in [0.4, 0.5) is 0 Å². The van der Waals surface area contributed by atoms with Crippen molar-refractivity contribution in [2.75, 3.05) is 13.2 Å². The highest BCUT2D eigenvalue weighted by molar-refractivity contribution is 5.74. The van der Waals surface area contributed by atoms with Crippen molar-refractivity contribution in [3.05, 3.63) is 0 Å². The van der Waals surface area contributed by atoms with Gasteiger partial charge in [-0.3, -0.25) is 4.79 Å². The molecule has 0 aromatic heterocycles. The number of carbonyl (C=O) groups excluding carboxylic acids is 1. The zero-order chi connectivity index (χ0) is 37.2. The van der Waals surface area contributed by atoms with Gasteiger partial charge in [0.25, 0.3) is 0 Å². The standard InChI is InChI=1S/C29H49NO20/c1-5-6-43-26-12(30-10(4)32)21(15(35)11(7-31)46-26)47-28-20(40)18(38)22(24(50-28)25(41)42)48-29-23(17(37)14(34)9(3)45-29)49-27-19(39)16(36)13(33)8(2)44-27/h8-9,11-24,26-29,31,33-40H,5-7H2,1-4H3,(H,30,32)(H,41,42)/t8-,9-,11?,12?,13?,14?,15?,16?,17?,18?,19?,20?,21?,22?,23?,24?,26?,27-,28?,29-/m0/s1. The summed E-state index contributed by atoms with van der Waals surface area (Å²) in [6, 6.07) is -1.27. The number of aliphatic hydroxyl groups excluding tert-OH is 9. The molecule has 4 fully saturated rings. The molecule has 21 nitrogen and oxygen atoms in total. The highest BCUT2D eigenvalue weighted by Gasteiger charge is 2.56. The van der Waals surface area contributed by atoms with Gasteiger partial charge in [-0.2, -0.15) is 0 Å². The van der Waals surface area contributed by atoms with Crippen LogP contribution in [-0.4, -0.2) is 199 Å². The topological polar surface area (TPSA) is 322 Å². The lowest BCUT2D eigenvalue weighted by Crippen LogP contribution is -2.69. The highest BCUT2D eigenvalue weighted by atomic mass is 16.8. The zero-order valence-corrected chi connectivity index (χ0v) is 27.7. The van der Waals surface area contributed by atoms with E-state index in [-0.39, 0.29) is 6.61 Å². The third kappa shape index (κ3) is 8.72. The molecule has 0 aromatic carbocycles. The molecule has 16 unspecified atom stereocenters. The first-order chi connectivity index (χ1) is 23.5. The van der Waals surface area contributed by atoms with Gasteiger partial charge in [-0.25, -0.2) is 4.79 Å². The maximum absolute atomic E-state index is 12.5. The van der Waals surface area contributed by atoms with Gasteiger partial charge in [0.15, 0.2) is 31.3 Å². The predicted octanol–water partition coefficient (Wildman–Crippen LogP) is -6.02. The number of carbonyl (C=O) groups is 2. The van der Waals surface area contributed by atoms with Gasteiger partial charge >= 0.3 is 5.97 Å². The van der Waals surface area contributed by atoms with E-state index >= 15 is 0 Å². The third-order valence-corrected chi connectivity index (χ3v) is 8.96. The fourth-order valence-corrected chi connectivity index (χ4v) is 6.14. The number of rotatable bonds is 12. The van der Waals surface area contributed by atoms with Crippen molar-refractivity contribution in [1.82, 2.24) is 5.32 Å². The average molecular weight is 732 g/mol. The molecule has 50 heavy (non-hydrogen) atoms. The van der Waals surface area contributed by atoms with Crippen molar-refractivity contribution in [2.24, 2.45) is 0 Å². The quantitative estimate of drug-likeness (QED) is 0.0890. The van der Waals surface area contributed by atoms with Crippen LogP contribution in [0.5, 0.6) is 0 Å². The number of carboxylic acids is 1. The molecule has 290 valence electrons. The lowest BCUT2D eigenvalue weighted by atomic mass is 9.94. The van der Waals surface area contributed by atoms with Crippen LogP contribution in [0.2, 0.25) is 0 Å². The van der Waals surface area contributed by atoms with E-state index in [2.05, 4.69) is 5.32 Å². The molecule has 4 aliphatic heterocycles. The summed E-state index contributed by atoms with van der Waals surface area (Å²) in [6.07, 6.45) is -31.9. The van der Waals surface area contributed by atoms with Crippen LogP contribution in [0.15, 0.2) is 0 Å². The molecule has 0 bridgehead atoms. The van der Waals surface area contributed by atoms with Crippen LogP contribution in [0.3, 0.4) is 0 Å². The van der Waals surface area contributed by atoms with E-state index in [9.17, 15) is 60.7 Å². The third-order valence-electron chi connectivity index (χ3n) is 8.96. The summed E-state index contributed by atoms with van der Waals surface area (Å²) in [4.78, 5) is 24.5. The van der Waals surface area contributed by atoms with Gasteiger partial charge in [-0.05, 0) is 20.3 Å². The molecular formula is C29H49NO20. The fourth-order valence-electron chi connectivity index (χ4n) is 6.14. The van der Waals surface area contributed by atoms with Gasteiger partial charge in [0.1, 0.15) is 79.3 Å². The summed E-state index contributed by atoms with van der Waals surface area (Å²) >= 11 is 0. The first-order valence-electron chi connectivity index (χ1n) is 16.3. The van der Waals surface area contributed by atoms with Crippen molar-refractivity contribution < 1.29 is 98.5 Å². The summed E-state index contributed by atoms with van der Waals surface area (Å²) in [5.74, 6) is -2.34. The van der Waals surface area contributed by atoms with Gasteiger partial charge in [0.05, 0.1) is 18.8 Å². The SMILES string of the molecule is CCCOC1OC(CO)C(O)C(OC2OC(C(=O)O)C(O[C@@H]3O[C@@H](C)C(O)C(O)C3O[C@@H]3O[C@@H](C)C(O)C(O)C3O)C(O)C2O)C1NC(C)=O. The first-order valence-corrected chi connectivity index (χ1v) is 16.3. The second kappa shape index (κ2) is 17.4. The first kappa shape index (κ1) is 41.0. The molecule has 0 spiro atoms. The van der Waals surface area contributed by atoms with E-state index < -0.39 is 141 Å². The molecule has 1 amide bonds. The van der Waals surface area contributed by atoms with Crippen LogP contribution in [0, 0.1) is 0 Å². The Labute approximate surface area is 286 Å². The zero-order valence-electron chi connectivity index (χ0n) is 27.7. The number of aliphatic hydroxyl groups is 9. The number of hydrogen-bond acceptors (Lipinski definition) is 19. The minimum Gasteiger partial charge on any atom is -0.479 e. The molecular weight excluding hydrogens is 682 g/mol.